The quantitative estimate of drug-likeness (QED) is 0.819. The van der Waals surface area contributed by atoms with E-state index in [9.17, 15) is 0 Å². The third-order valence-electron chi connectivity index (χ3n) is 3.35. The van der Waals surface area contributed by atoms with Gasteiger partial charge < -0.3 is 10.6 Å². The monoisotopic (exact) mass is 224 g/mol. The Hall–Kier alpha value is -0.380. The van der Waals surface area contributed by atoms with E-state index in [1.807, 2.05) is 11.3 Å². The van der Waals surface area contributed by atoms with Crippen molar-refractivity contribution in [2.24, 2.45) is 5.92 Å². The van der Waals surface area contributed by atoms with Crippen LogP contribution in [-0.4, -0.2) is 19.1 Å². The Bertz CT molecular complexity index is 308. The summed E-state index contributed by atoms with van der Waals surface area (Å²) in [5.74, 6) is 0.810. The van der Waals surface area contributed by atoms with E-state index in [4.69, 9.17) is 0 Å². The highest BCUT2D eigenvalue weighted by Gasteiger charge is 2.21. The molecule has 84 valence electrons. The highest BCUT2D eigenvalue weighted by Crippen LogP contribution is 2.16. The molecule has 1 aliphatic heterocycles. The molecule has 2 atom stereocenters. The van der Waals surface area contributed by atoms with Crippen LogP contribution in [0.3, 0.4) is 0 Å². The minimum atomic E-state index is 0.682. The lowest BCUT2D eigenvalue weighted by molar-refractivity contribution is 0.440. The van der Waals surface area contributed by atoms with Crippen molar-refractivity contribution in [3.8, 4) is 0 Å². The molecule has 1 aliphatic rings. The first-order valence-corrected chi connectivity index (χ1v) is 6.62. The van der Waals surface area contributed by atoms with Crippen molar-refractivity contribution in [1.82, 2.24) is 10.6 Å². The van der Waals surface area contributed by atoms with Crippen LogP contribution in [0, 0.1) is 12.8 Å². The topological polar surface area (TPSA) is 24.1 Å². The third kappa shape index (κ3) is 2.80. The average Bonchev–Trinajstić information content (AvgIpc) is 2.78. The van der Waals surface area contributed by atoms with Gasteiger partial charge in [-0.15, -0.1) is 11.3 Å². The molecule has 0 spiro atoms. The van der Waals surface area contributed by atoms with Gasteiger partial charge in [-0.05, 0) is 56.3 Å². The van der Waals surface area contributed by atoms with Gasteiger partial charge in [0.15, 0.2) is 0 Å². The second-order valence-corrected chi connectivity index (χ2v) is 5.45. The smallest absolute Gasteiger partial charge is 0.0302 e. The van der Waals surface area contributed by atoms with E-state index in [1.165, 1.54) is 23.4 Å². The first-order chi connectivity index (χ1) is 7.27. The zero-order valence-corrected chi connectivity index (χ0v) is 10.4. The van der Waals surface area contributed by atoms with Crippen LogP contribution in [0.1, 0.15) is 23.8 Å². The summed E-state index contributed by atoms with van der Waals surface area (Å²) >= 11 is 1.85. The zero-order valence-electron chi connectivity index (χ0n) is 9.55. The molecule has 0 radical (unpaired) electrons. The molecule has 1 aromatic rings. The summed E-state index contributed by atoms with van der Waals surface area (Å²) in [4.78, 5) is 1.48. The number of hydrogen-bond donors (Lipinski definition) is 2. The maximum Gasteiger partial charge on any atom is 0.0302 e. The fourth-order valence-electron chi connectivity index (χ4n) is 2.15. The summed E-state index contributed by atoms with van der Waals surface area (Å²) < 4.78 is 0. The molecule has 0 amide bonds. The van der Waals surface area contributed by atoms with E-state index >= 15 is 0 Å². The molecule has 2 unspecified atom stereocenters. The fourth-order valence-corrected chi connectivity index (χ4v) is 3.02. The van der Waals surface area contributed by atoms with Crippen molar-refractivity contribution in [2.75, 3.05) is 13.1 Å². The van der Waals surface area contributed by atoms with Crippen LogP contribution >= 0.6 is 11.3 Å². The van der Waals surface area contributed by atoms with Crippen molar-refractivity contribution in [2.45, 2.75) is 32.9 Å². The molecule has 2 nitrogen and oxygen atoms in total. The summed E-state index contributed by atoms with van der Waals surface area (Å²) in [7, 11) is 0. The fraction of sp³-hybridized carbons (Fsp3) is 0.667. The number of aryl methyl sites for hydroxylation is 1. The normalized spacial score (nSPS) is 26.0. The Labute approximate surface area is 96.1 Å². The van der Waals surface area contributed by atoms with Gasteiger partial charge in [0.25, 0.3) is 0 Å². The van der Waals surface area contributed by atoms with Crippen molar-refractivity contribution in [3.63, 3.8) is 0 Å². The van der Waals surface area contributed by atoms with E-state index in [-0.39, 0.29) is 0 Å². The number of hydrogen-bond acceptors (Lipinski definition) is 3. The van der Waals surface area contributed by atoms with E-state index in [1.54, 1.807) is 0 Å². The molecule has 1 saturated heterocycles. The lowest BCUT2D eigenvalue weighted by Crippen LogP contribution is -2.30. The number of rotatable bonds is 4. The molecule has 0 saturated carbocycles. The Balaban J connectivity index is 1.73. The van der Waals surface area contributed by atoms with Gasteiger partial charge in [-0.1, -0.05) is 0 Å². The SMILES string of the molecule is Cc1ccsc1CNCC1CCNC1C. The maximum atomic E-state index is 3.57. The first kappa shape index (κ1) is 11.1. The highest BCUT2D eigenvalue weighted by atomic mass is 32.1. The lowest BCUT2D eigenvalue weighted by atomic mass is 10.0. The molecule has 1 fully saturated rings. The van der Waals surface area contributed by atoms with Crippen LogP contribution in [-0.2, 0) is 6.54 Å². The molecule has 0 aromatic carbocycles. The van der Waals surface area contributed by atoms with Crippen molar-refractivity contribution >= 4 is 11.3 Å². The molecule has 2 heterocycles. The van der Waals surface area contributed by atoms with Crippen LogP contribution in [0.15, 0.2) is 11.4 Å². The molecule has 0 aliphatic carbocycles. The lowest BCUT2D eigenvalue weighted by Gasteiger charge is -2.15. The Morgan fingerprint density at radius 1 is 1.60 bits per heavy atom. The van der Waals surface area contributed by atoms with Crippen LogP contribution in [0.5, 0.6) is 0 Å². The van der Waals surface area contributed by atoms with Crippen LogP contribution < -0.4 is 10.6 Å². The van der Waals surface area contributed by atoms with E-state index < -0.39 is 0 Å². The van der Waals surface area contributed by atoms with E-state index in [0.717, 1.165) is 19.0 Å². The van der Waals surface area contributed by atoms with Gasteiger partial charge >= 0.3 is 0 Å². The Kier molecular flexibility index (Phi) is 3.78. The molecule has 2 rings (SSSR count). The van der Waals surface area contributed by atoms with E-state index in [0.29, 0.717) is 6.04 Å². The molecular weight excluding hydrogens is 204 g/mol. The minimum absolute atomic E-state index is 0.682. The zero-order chi connectivity index (χ0) is 10.7. The Morgan fingerprint density at radius 3 is 3.07 bits per heavy atom. The van der Waals surface area contributed by atoms with Gasteiger partial charge in [-0.2, -0.15) is 0 Å². The molecule has 2 N–H and O–H groups in total. The van der Waals surface area contributed by atoms with Crippen LogP contribution in [0.2, 0.25) is 0 Å². The second kappa shape index (κ2) is 5.10. The highest BCUT2D eigenvalue weighted by molar-refractivity contribution is 7.10. The summed E-state index contributed by atoms with van der Waals surface area (Å²) in [6.07, 6.45) is 1.32. The van der Waals surface area contributed by atoms with Crippen molar-refractivity contribution in [1.29, 1.82) is 0 Å². The number of thiophene rings is 1. The predicted molar refractivity (Wildman–Crippen MR) is 66.3 cm³/mol. The third-order valence-corrected chi connectivity index (χ3v) is 4.37. The van der Waals surface area contributed by atoms with Crippen molar-refractivity contribution in [3.05, 3.63) is 21.9 Å². The standard InChI is InChI=1S/C12H20N2S/c1-9-4-6-15-12(9)8-13-7-11-3-5-14-10(11)2/h4,6,10-11,13-14H,3,5,7-8H2,1-2H3. The van der Waals surface area contributed by atoms with Gasteiger partial charge in [0, 0.05) is 17.5 Å². The van der Waals surface area contributed by atoms with Crippen LogP contribution in [0.4, 0.5) is 0 Å². The summed E-state index contributed by atoms with van der Waals surface area (Å²) in [5.41, 5.74) is 1.42. The molecule has 0 bridgehead atoms. The largest absolute Gasteiger partial charge is 0.314 e. The van der Waals surface area contributed by atoms with Gasteiger partial charge in [-0.3, -0.25) is 0 Å². The predicted octanol–water partition coefficient (Wildman–Crippen LogP) is 2.14. The maximum absolute atomic E-state index is 3.57. The van der Waals surface area contributed by atoms with E-state index in [2.05, 4.69) is 35.9 Å². The van der Waals surface area contributed by atoms with Gasteiger partial charge in [0.1, 0.15) is 0 Å². The van der Waals surface area contributed by atoms with Crippen molar-refractivity contribution < 1.29 is 0 Å². The first-order valence-electron chi connectivity index (χ1n) is 5.74. The Morgan fingerprint density at radius 2 is 2.47 bits per heavy atom. The average molecular weight is 224 g/mol. The van der Waals surface area contributed by atoms with Crippen LogP contribution in [0.25, 0.3) is 0 Å². The minimum Gasteiger partial charge on any atom is -0.314 e. The molecular formula is C12H20N2S. The molecule has 1 aromatic heterocycles. The second-order valence-electron chi connectivity index (χ2n) is 4.45. The van der Waals surface area contributed by atoms with Gasteiger partial charge in [0.2, 0.25) is 0 Å². The van der Waals surface area contributed by atoms with Gasteiger partial charge in [-0.25, -0.2) is 0 Å². The number of nitrogens with one attached hydrogen (secondary N) is 2. The summed E-state index contributed by atoms with van der Waals surface area (Å²) in [6.45, 7) is 7.84. The summed E-state index contributed by atoms with van der Waals surface area (Å²) in [6, 6.07) is 2.88. The van der Waals surface area contributed by atoms with Gasteiger partial charge in [0.05, 0.1) is 0 Å². The molecule has 15 heavy (non-hydrogen) atoms. The summed E-state index contributed by atoms with van der Waals surface area (Å²) in [5, 5.41) is 9.23. The molecule has 3 heteroatoms.